The Morgan fingerprint density at radius 2 is 2.53 bits per heavy atom. The summed E-state index contributed by atoms with van der Waals surface area (Å²) in [6, 6.07) is 4.16. The lowest BCUT2D eigenvalue weighted by atomic mass is 9.96. The van der Waals surface area contributed by atoms with Gasteiger partial charge in [0.2, 0.25) is 0 Å². The van der Waals surface area contributed by atoms with Crippen LogP contribution in [0, 0.1) is 12.8 Å². The van der Waals surface area contributed by atoms with E-state index < -0.39 is 0 Å². The molecule has 1 aliphatic rings. The van der Waals surface area contributed by atoms with Crippen LogP contribution in [0.1, 0.15) is 23.7 Å². The third-order valence-corrected chi connectivity index (χ3v) is 2.87. The maximum absolute atomic E-state index is 5.59. The topological polar surface area (TPSA) is 60.2 Å². The van der Waals surface area contributed by atoms with Crippen LogP contribution in [-0.4, -0.2) is 18.2 Å². The fraction of sp³-hybridized carbons (Fsp3) is 0.545. The third-order valence-electron chi connectivity index (χ3n) is 2.87. The van der Waals surface area contributed by atoms with Gasteiger partial charge in [-0.2, -0.15) is 0 Å². The number of rotatable bonds is 3. The lowest BCUT2D eigenvalue weighted by molar-refractivity contribution is 0.176. The van der Waals surface area contributed by atoms with Crippen LogP contribution < -0.4 is 11.3 Å². The molecule has 0 saturated carbocycles. The smallest absolute Gasteiger partial charge is 0.0683 e. The minimum atomic E-state index is 0.104. The highest BCUT2D eigenvalue weighted by molar-refractivity contribution is 5.18. The standard InChI is InChI=1S/C11H17N3O/c1-8-2-4-13-10(6-8)11(14-12)9-3-5-15-7-9/h2,4,6,9,11,14H,3,5,7,12H2,1H3. The summed E-state index contributed by atoms with van der Waals surface area (Å²) in [7, 11) is 0. The number of pyridine rings is 1. The van der Waals surface area contributed by atoms with Crippen LogP contribution in [-0.2, 0) is 4.74 Å². The van der Waals surface area contributed by atoms with Crippen molar-refractivity contribution in [2.45, 2.75) is 19.4 Å². The molecule has 4 nitrogen and oxygen atoms in total. The van der Waals surface area contributed by atoms with E-state index in [4.69, 9.17) is 10.6 Å². The zero-order valence-electron chi connectivity index (χ0n) is 8.94. The zero-order chi connectivity index (χ0) is 10.7. The Bertz CT molecular complexity index is 323. The first-order valence-electron chi connectivity index (χ1n) is 5.27. The molecule has 1 aliphatic heterocycles. The van der Waals surface area contributed by atoms with E-state index in [1.54, 1.807) is 0 Å². The molecule has 1 aromatic rings. The molecule has 0 radical (unpaired) electrons. The van der Waals surface area contributed by atoms with Gasteiger partial charge in [0.15, 0.2) is 0 Å². The number of nitrogens with zero attached hydrogens (tertiary/aromatic N) is 1. The van der Waals surface area contributed by atoms with E-state index >= 15 is 0 Å². The molecular formula is C11H17N3O. The molecule has 0 bridgehead atoms. The molecule has 0 amide bonds. The number of aryl methyl sites for hydroxylation is 1. The van der Waals surface area contributed by atoms with Crippen LogP contribution in [0.25, 0.3) is 0 Å². The van der Waals surface area contributed by atoms with Crippen molar-refractivity contribution >= 4 is 0 Å². The fourth-order valence-electron chi connectivity index (χ4n) is 2.01. The summed E-state index contributed by atoms with van der Waals surface area (Å²) < 4.78 is 5.37. The molecule has 1 aromatic heterocycles. The van der Waals surface area contributed by atoms with Gasteiger partial charge in [-0.15, -0.1) is 0 Å². The lowest BCUT2D eigenvalue weighted by Crippen LogP contribution is -2.34. The number of hydrazine groups is 1. The van der Waals surface area contributed by atoms with Gasteiger partial charge in [0.05, 0.1) is 18.3 Å². The van der Waals surface area contributed by atoms with Crippen LogP contribution in [0.2, 0.25) is 0 Å². The Morgan fingerprint density at radius 1 is 1.67 bits per heavy atom. The van der Waals surface area contributed by atoms with Crippen molar-refractivity contribution < 1.29 is 4.74 Å². The molecule has 82 valence electrons. The van der Waals surface area contributed by atoms with Gasteiger partial charge in [0.1, 0.15) is 0 Å². The lowest BCUT2D eigenvalue weighted by Gasteiger charge is -2.20. The average Bonchev–Trinajstić information content (AvgIpc) is 2.72. The summed E-state index contributed by atoms with van der Waals surface area (Å²) in [5.74, 6) is 6.02. The molecule has 1 saturated heterocycles. The second kappa shape index (κ2) is 4.70. The van der Waals surface area contributed by atoms with E-state index in [0.29, 0.717) is 5.92 Å². The Morgan fingerprint density at radius 3 is 3.13 bits per heavy atom. The number of nitrogens with two attached hydrogens (primary N) is 1. The minimum absolute atomic E-state index is 0.104. The first-order valence-corrected chi connectivity index (χ1v) is 5.27. The van der Waals surface area contributed by atoms with Crippen LogP contribution >= 0.6 is 0 Å². The van der Waals surface area contributed by atoms with E-state index in [0.717, 1.165) is 25.3 Å². The highest BCUT2D eigenvalue weighted by atomic mass is 16.5. The molecule has 1 fully saturated rings. The molecule has 4 heteroatoms. The van der Waals surface area contributed by atoms with Gasteiger partial charge in [0.25, 0.3) is 0 Å². The number of hydrogen-bond donors (Lipinski definition) is 2. The van der Waals surface area contributed by atoms with Gasteiger partial charge in [-0.1, -0.05) is 0 Å². The van der Waals surface area contributed by atoms with Crippen LogP contribution in [0.5, 0.6) is 0 Å². The van der Waals surface area contributed by atoms with E-state index in [2.05, 4.69) is 23.4 Å². The van der Waals surface area contributed by atoms with Crippen molar-refractivity contribution in [3.63, 3.8) is 0 Å². The molecular weight excluding hydrogens is 190 g/mol. The summed E-state index contributed by atoms with van der Waals surface area (Å²) in [5, 5.41) is 0. The van der Waals surface area contributed by atoms with Crippen molar-refractivity contribution in [2.75, 3.05) is 13.2 Å². The Kier molecular flexibility index (Phi) is 3.30. The van der Waals surface area contributed by atoms with Crippen molar-refractivity contribution in [1.29, 1.82) is 0 Å². The van der Waals surface area contributed by atoms with E-state index in [-0.39, 0.29) is 6.04 Å². The van der Waals surface area contributed by atoms with E-state index in [9.17, 15) is 0 Å². The average molecular weight is 207 g/mol. The van der Waals surface area contributed by atoms with Crippen molar-refractivity contribution in [2.24, 2.45) is 11.8 Å². The van der Waals surface area contributed by atoms with Crippen molar-refractivity contribution in [3.05, 3.63) is 29.6 Å². The Balaban J connectivity index is 2.18. The van der Waals surface area contributed by atoms with Crippen molar-refractivity contribution in [3.8, 4) is 0 Å². The summed E-state index contributed by atoms with van der Waals surface area (Å²) in [5.41, 5.74) is 5.06. The zero-order valence-corrected chi connectivity index (χ0v) is 8.94. The van der Waals surface area contributed by atoms with Gasteiger partial charge in [-0.05, 0) is 31.0 Å². The quantitative estimate of drug-likeness (QED) is 0.572. The predicted octanol–water partition coefficient (Wildman–Crippen LogP) is 0.931. The molecule has 15 heavy (non-hydrogen) atoms. The Labute approximate surface area is 89.8 Å². The normalized spacial score (nSPS) is 22.9. The molecule has 2 rings (SSSR count). The molecule has 0 spiro atoms. The number of aromatic nitrogens is 1. The first kappa shape index (κ1) is 10.5. The van der Waals surface area contributed by atoms with E-state index in [1.807, 2.05) is 12.3 Å². The van der Waals surface area contributed by atoms with Gasteiger partial charge in [0, 0.05) is 18.7 Å². The molecule has 2 atom stereocenters. The summed E-state index contributed by atoms with van der Waals surface area (Å²) in [6.45, 7) is 3.66. The molecule has 0 aliphatic carbocycles. The molecule has 2 heterocycles. The van der Waals surface area contributed by atoms with Crippen LogP contribution in [0.4, 0.5) is 0 Å². The SMILES string of the molecule is Cc1ccnc(C(NN)C2CCOC2)c1. The van der Waals surface area contributed by atoms with Gasteiger partial charge >= 0.3 is 0 Å². The van der Waals surface area contributed by atoms with Crippen molar-refractivity contribution in [1.82, 2.24) is 10.4 Å². The highest BCUT2D eigenvalue weighted by Gasteiger charge is 2.27. The second-order valence-corrected chi connectivity index (χ2v) is 4.03. The van der Waals surface area contributed by atoms with E-state index in [1.165, 1.54) is 5.56 Å². The molecule has 3 N–H and O–H groups in total. The molecule has 0 aromatic carbocycles. The number of nitrogens with one attached hydrogen (secondary N) is 1. The third kappa shape index (κ3) is 2.34. The first-order chi connectivity index (χ1) is 7.31. The monoisotopic (exact) mass is 207 g/mol. The summed E-state index contributed by atoms with van der Waals surface area (Å²) in [6.07, 6.45) is 2.87. The highest BCUT2D eigenvalue weighted by Crippen LogP contribution is 2.27. The van der Waals surface area contributed by atoms with Gasteiger partial charge in [-0.3, -0.25) is 16.3 Å². The number of ether oxygens (including phenoxy) is 1. The maximum atomic E-state index is 5.59. The minimum Gasteiger partial charge on any atom is -0.381 e. The van der Waals surface area contributed by atoms with Crippen LogP contribution in [0.3, 0.4) is 0 Å². The fourth-order valence-corrected chi connectivity index (χ4v) is 2.01. The van der Waals surface area contributed by atoms with Crippen LogP contribution in [0.15, 0.2) is 18.3 Å². The summed E-state index contributed by atoms with van der Waals surface area (Å²) in [4.78, 5) is 4.36. The summed E-state index contributed by atoms with van der Waals surface area (Å²) >= 11 is 0. The Hall–Kier alpha value is -0.970. The molecule has 2 unspecified atom stereocenters. The predicted molar refractivity (Wildman–Crippen MR) is 58.0 cm³/mol. The second-order valence-electron chi connectivity index (χ2n) is 4.03. The number of hydrogen-bond acceptors (Lipinski definition) is 4. The van der Waals surface area contributed by atoms with Gasteiger partial charge in [-0.25, -0.2) is 0 Å². The van der Waals surface area contributed by atoms with Gasteiger partial charge < -0.3 is 4.74 Å². The maximum Gasteiger partial charge on any atom is 0.0683 e. The largest absolute Gasteiger partial charge is 0.381 e.